The van der Waals surface area contributed by atoms with E-state index in [1.54, 1.807) is 0 Å². The highest BCUT2D eigenvalue weighted by Crippen LogP contribution is 2.07. The van der Waals surface area contributed by atoms with Crippen LogP contribution in [0.2, 0.25) is 0 Å². The molecule has 5 nitrogen and oxygen atoms in total. The number of rotatable bonds is 3. The van der Waals surface area contributed by atoms with Crippen molar-refractivity contribution in [3.8, 4) is 0 Å². The summed E-state index contributed by atoms with van der Waals surface area (Å²) in [7, 11) is 0. The van der Waals surface area contributed by atoms with Gasteiger partial charge in [0, 0.05) is 5.27 Å². The van der Waals surface area contributed by atoms with Crippen molar-refractivity contribution < 1.29 is 4.52 Å². The Morgan fingerprint density at radius 1 is 1.70 bits per heavy atom. The van der Waals surface area contributed by atoms with E-state index in [4.69, 9.17) is 5.41 Å². The van der Waals surface area contributed by atoms with E-state index in [1.807, 2.05) is 0 Å². The SMILES string of the molecule is C=CNc1onnc1C=N. The van der Waals surface area contributed by atoms with Gasteiger partial charge in [-0.25, -0.2) is 0 Å². The van der Waals surface area contributed by atoms with Crippen LogP contribution in [0, 0.1) is 5.41 Å². The molecule has 0 atom stereocenters. The standard InChI is InChI=1S/C5H6N4O/c1-2-7-5-4(3-6)8-9-10-5/h2-3,6-7H,1H2. The van der Waals surface area contributed by atoms with Crippen molar-refractivity contribution in [2.45, 2.75) is 0 Å². The molecule has 0 radical (unpaired) electrons. The molecule has 1 aromatic heterocycles. The van der Waals surface area contributed by atoms with Gasteiger partial charge in [0.2, 0.25) is 0 Å². The van der Waals surface area contributed by atoms with E-state index in [9.17, 15) is 0 Å². The third-order valence-corrected chi connectivity index (χ3v) is 0.883. The molecule has 5 heteroatoms. The van der Waals surface area contributed by atoms with E-state index < -0.39 is 0 Å². The maximum absolute atomic E-state index is 6.82. The van der Waals surface area contributed by atoms with Gasteiger partial charge in [-0.3, -0.25) is 0 Å². The van der Waals surface area contributed by atoms with Gasteiger partial charge in [-0.2, -0.15) is 0 Å². The summed E-state index contributed by atoms with van der Waals surface area (Å²) in [5.74, 6) is 0.338. The Morgan fingerprint density at radius 2 is 2.50 bits per heavy atom. The Labute approximate surface area is 57.2 Å². The predicted molar refractivity (Wildman–Crippen MR) is 36.0 cm³/mol. The average molecular weight is 138 g/mol. The average Bonchev–Trinajstić information content (AvgIpc) is 2.36. The second-order valence-corrected chi connectivity index (χ2v) is 1.48. The summed E-state index contributed by atoms with van der Waals surface area (Å²) >= 11 is 0. The van der Waals surface area contributed by atoms with E-state index in [-0.39, 0.29) is 0 Å². The van der Waals surface area contributed by atoms with Gasteiger partial charge in [-0.15, -0.1) is 5.10 Å². The van der Waals surface area contributed by atoms with E-state index in [2.05, 4.69) is 26.8 Å². The van der Waals surface area contributed by atoms with E-state index in [0.717, 1.165) is 6.21 Å². The number of aromatic nitrogens is 2. The quantitative estimate of drug-likeness (QED) is 0.600. The summed E-state index contributed by atoms with van der Waals surface area (Å²) in [4.78, 5) is 0. The summed E-state index contributed by atoms with van der Waals surface area (Å²) in [6.45, 7) is 3.41. The Hall–Kier alpha value is -1.65. The second-order valence-electron chi connectivity index (χ2n) is 1.48. The first-order valence-electron chi connectivity index (χ1n) is 2.58. The summed E-state index contributed by atoms with van der Waals surface area (Å²) in [6.07, 6.45) is 2.47. The summed E-state index contributed by atoms with van der Waals surface area (Å²) in [6, 6.07) is 0. The normalized spacial score (nSPS) is 8.80. The Bertz CT molecular complexity index is 242. The second kappa shape index (κ2) is 2.77. The first-order chi connectivity index (χ1) is 4.88. The molecule has 0 aromatic carbocycles. The van der Waals surface area contributed by atoms with Crippen molar-refractivity contribution >= 4 is 12.1 Å². The molecule has 0 fully saturated rings. The topological polar surface area (TPSA) is 74.8 Å². The fraction of sp³-hybridized carbons (Fsp3) is 0. The third kappa shape index (κ3) is 1.02. The lowest BCUT2D eigenvalue weighted by Crippen LogP contribution is -1.89. The summed E-state index contributed by atoms with van der Waals surface area (Å²) < 4.78 is 4.60. The van der Waals surface area contributed by atoms with Gasteiger partial charge in [0.05, 0.1) is 6.21 Å². The van der Waals surface area contributed by atoms with Gasteiger partial charge in [0.25, 0.3) is 5.88 Å². The Kier molecular flexibility index (Phi) is 1.79. The molecule has 0 spiro atoms. The number of nitrogens with one attached hydrogen (secondary N) is 2. The lowest BCUT2D eigenvalue weighted by atomic mass is 10.5. The van der Waals surface area contributed by atoms with Gasteiger partial charge in [0.15, 0.2) is 5.69 Å². The Balaban J connectivity index is 2.89. The van der Waals surface area contributed by atoms with Crippen LogP contribution < -0.4 is 5.32 Å². The van der Waals surface area contributed by atoms with Gasteiger partial charge in [-0.1, -0.05) is 6.58 Å². The smallest absolute Gasteiger partial charge is 0.258 e. The first-order valence-corrected chi connectivity index (χ1v) is 2.58. The molecule has 1 heterocycles. The van der Waals surface area contributed by atoms with E-state index in [1.165, 1.54) is 6.20 Å². The molecule has 0 bridgehead atoms. The lowest BCUT2D eigenvalue weighted by molar-refractivity contribution is 0.406. The van der Waals surface area contributed by atoms with Crippen LogP contribution >= 0.6 is 0 Å². The van der Waals surface area contributed by atoms with Gasteiger partial charge >= 0.3 is 0 Å². The van der Waals surface area contributed by atoms with E-state index in [0.29, 0.717) is 11.6 Å². The highest BCUT2D eigenvalue weighted by atomic mass is 16.5. The van der Waals surface area contributed by atoms with Crippen LogP contribution in [0.15, 0.2) is 17.3 Å². The van der Waals surface area contributed by atoms with Crippen LogP contribution in [0.5, 0.6) is 0 Å². The molecule has 0 unspecified atom stereocenters. The molecule has 2 N–H and O–H groups in total. The van der Waals surface area contributed by atoms with Gasteiger partial charge in [0.1, 0.15) is 0 Å². The molecule has 0 aliphatic carbocycles. The predicted octanol–water partition coefficient (Wildman–Crippen LogP) is 0.623. The minimum atomic E-state index is 0.338. The third-order valence-electron chi connectivity index (χ3n) is 0.883. The fourth-order valence-electron chi connectivity index (χ4n) is 0.485. The van der Waals surface area contributed by atoms with Crippen molar-refractivity contribution in [3.05, 3.63) is 18.5 Å². The van der Waals surface area contributed by atoms with Crippen molar-refractivity contribution in [3.63, 3.8) is 0 Å². The highest BCUT2D eigenvalue weighted by molar-refractivity contribution is 5.80. The molecule has 0 saturated carbocycles. The molecule has 0 aliphatic rings. The number of anilines is 1. The zero-order valence-electron chi connectivity index (χ0n) is 5.16. The molecular weight excluding hydrogens is 132 g/mol. The highest BCUT2D eigenvalue weighted by Gasteiger charge is 2.03. The van der Waals surface area contributed by atoms with Crippen molar-refractivity contribution in [1.29, 1.82) is 5.41 Å². The van der Waals surface area contributed by atoms with Crippen molar-refractivity contribution in [2.75, 3.05) is 5.32 Å². The van der Waals surface area contributed by atoms with Gasteiger partial charge in [-0.05, 0) is 6.20 Å². The van der Waals surface area contributed by atoms with Gasteiger partial charge < -0.3 is 15.2 Å². The van der Waals surface area contributed by atoms with Crippen LogP contribution in [0.1, 0.15) is 5.69 Å². The molecule has 52 valence electrons. The van der Waals surface area contributed by atoms with Crippen LogP contribution in [0.4, 0.5) is 5.88 Å². The van der Waals surface area contributed by atoms with Crippen molar-refractivity contribution in [2.24, 2.45) is 0 Å². The van der Waals surface area contributed by atoms with Crippen LogP contribution in [0.3, 0.4) is 0 Å². The summed E-state index contributed by atoms with van der Waals surface area (Å²) in [5, 5.41) is 16.2. The monoisotopic (exact) mass is 138 g/mol. The fourth-order valence-corrected chi connectivity index (χ4v) is 0.485. The van der Waals surface area contributed by atoms with E-state index >= 15 is 0 Å². The van der Waals surface area contributed by atoms with Crippen LogP contribution in [0.25, 0.3) is 0 Å². The first kappa shape index (κ1) is 6.47. The van der Waals surface area contributed by atoms with Crippen molar-refractivity contribution in [1.82, 2.24) is 10.4 Å². The number of hydrogen-bond donors (Lipinski definition) is 2. The molecule has 10 heavy (non-hydrogen) atoms. The number of nitrogens with zero attached hydrogens (tertiary/aromatic N) is 2. The maximum Gasteiger partial charge on any atom is 0.258 e. The zero-order valence-corrected chi connectivity index (χ0v) is 5.16. The molecule has 0 aliphatic heterocycles. The molecule has 1 rings (SSSR count). The molecule has 0 saturated heterocycles. The van der Waals surface area contributed by atoms with Crippen LogP contribution in [-0.2, 0) is 0 Å². The molecule has 0 amide bonds. The number of hydrogen-bond acceptors (Lipinski definition) is 5. The van der Waals surface area contributed by atoms with Crippen LogP contribution in [-0.4, -0.2) is 16.6 Å². The minimum absolute atomic E-state index is 0.338. The largest absolute Gasteiger partial charge is 0.329 e. The molecular formula is C5H6N4O. The Morgan fingerprint density at radius 3 is 3.10 bits per heavy atom. The maximum atomic E-state index is 6.82. The molecule has 1 aromatic rings. The zero-order chi connectivity index (χ0) is 7.40. The summed E-state index contributed by atoms with van der Waals surface area (Å²) in [5.41, 5.74) is 0.361. The minimum Gasteiger partial charge on any atom is -0.329 e. The lowest BCUT2D eigenvalue weighted by Gasteiger charge is -1.88.